The number of amides is 2. The van der Waals surface area contributed by atoms with E-state index in [1.807, 2.05) is 0 Å². The van der Waals surface area contributed by atoms with Crippen LogP contribution in [0, 0.1) is 5.92 Å². The van der Waals surface area contributed by atoms with Gasteiger partial charge in [-0.2, -0.15) is 0 Å². The number of carbonyl (C=O) groups excluding carboxylic acids is 2. The molecule has 4 heteroatoms. The second-order valence-electron chi connectivity index (χ2n) is 2.94. The summed E-state index contributed by atoms with van der Waals surface area (Å²) in [5.41, 5.74) is 0. The summed E-state index contributed by atoms with van der Waals surface area (Å²) < 4.78 is 0. The first-order chi connectivity index (χ1) is 5.11. The smallest absolute Gasteiger partial charge is 0.227 e. The van der Waals surface area contributed by atoms with E-state index in [0.29, 0.717) is 13.0 Å². The third-order valence-electron chi connectivity index (χ3n) is 1.77. The zero-order chi connectivity index (χ0) is 8.43. The average molecular weight is 156 g/mol. The number of carbonyl (C=O) groups is 2. The van der Waals surface area contributed by atoms with Gasteiger partial charge >= 0.3 is 0 Å². The average Bonchev–Trinajstić information content (AvgIpc) is 2.34. The maximum atomic E-state index is 11.2. The molecule has 11 heavy (non-hydrogen) atoms. The maximum Gasteiger partial charge on any atom is 0.227 e. The van der Waals surface area contributed by atoms with Crippen LogP contribution in [0.15, 0.2) is 0 Å². The first-order valence-electron chi connectivity index (χ1n) is 3.59. The Balaban J connectivity index is 2.50. The first-order valence-corrected chi connectivity index (χ1v) is 3.59. The molecule has 0 spiro atoms. The van der Waals surface area contributed by atoms with E-state index in [4.69, 9.17) is 0 Å². The van der Waals surface area contributed by atoms with Crippen molar-refractivity contribution < 1.29 is 9.59 Å². The SMILES string of the molecule is CN(C)C(=O)C1CNC(=O)C1. The molecule has 4 nitrogen and oxygen atoms in total. The maximum absolute atomic E-state index is 11.2. The van der Waals surface area contributed by atoms with Gasteiger partial charge in [-0.3, -0.25) is 9.59 Å². The third kappa shape index (κ3) is 1.69. The number of rotatable bonds is 1. The van der Waals surface area contributed by atoms with Crippen molar-refractivity contribution in [3.05, 3.63) is 0 Å². The quantitative estimate of drug-likeness (QED) is 0.541. The van der Waals surface area contributed by atoms with Crippen LogP contribution < -0.4 is 5.32 Å². The molecule has 0 aliphatic carbocycles. The van der Waals surface area contributed by atoms with E-state index in [0.717, 1.165) is 0 Å². The molecule has 1 rings (SSSR count). The number of nitrogens with zero attached hydrogens (tertiary/aromatic N) is 1. The van der Waals surface area contributed by atoms with E-state index in [9.17, 15) is 9.59 Å². The fourth-order valence-electron chi connectivity index (χ4n) is 1.14. The molecular formula is C7H12N2O2. The highest BCUT2D eigenvalue weighted by atomic mass is 16.2. The van der Waals surface area contributed by atoms with Gasteiger partial charge in [-0.15, -0.1) is 0 Å². The van der Waals surface area contributed by atoms with Gasteiger partial charge in [0.1, 0.15) is 0 Å². The van der Waals surface area contributed by atoms with Crippen LogP contribution in [-0.2, 0) is 9.59 Å². The lowest BCUT2D eigenvalue weighted by atomic mass is 10.1. The summed E-state index contributed by atoms with van der Waals surface area (Å²) in [6, 6.07) is 0. The monoisotopic (exact) mass is 156 g/mol. The Labute approximate surface area is 65.6 Å². The zero-order valence-electron chi connectivity index (χ0n) is 6.76. The molecule has 1 aliphatic heterocycles. The van der Waals surface area contributed by atoms with Crippen molar-refractivity contribution in [3.8, 4) is 0 Å². The van der Waals surface area contributed by atoms with Crippen LogP contribution in [0.3, 0.4) is 0 Å². The molecule has 0 aromatic rings. The van der Waals surface area contributed by atoms with Crippen LogP contribution in [0.1, 0.15) is 6.42 Å². The lowest BCUT2D eigenvalue weighted by Crippen LogP contribution is -2.30. The van der Waals surface area contributed by atoms with Gasteiger partial charge in [0.2, 0.25) is 11.8 Å². The Morgan fingerprint density at radius 1 is 1.64 bits per heavy atom. The highest BCUT2D eigenvalue weighted by molar-refractivity contribution is 5.88. The second kappa shape index (κ2) is 2.90. The summed E-state index contributed by atoms with van der Waals surface area (Å²) in [5.74, 6) is -0.133. The van der Waals surface area contributed by atoms with Gasteiger partial charge in [0.05, 0.1) is 5.92 Å². The van der Waals surface area contributed by atoms with E-state index in [2.05, 4.69) is 5.32 Å². The molecule has 1 saturated heterocycles. The number of hydrogen-bond donors (Lipinski definition) is 1. The predicted molar refractivity (Wildman–Crippen MR) is 39.8 cm³/mol. The Morgan fingerprint density at radius 3 is 2.64 bits per heavy atom. The van der Waals surface area contributed by atoms with Gasteiger partial charge in [-0.25, -0.2) is 0 Å². The van der Waals surface area contributed by atoms with Crippen molar-refractivity contribution in [1.82, 2.24) is 10.2 Å². The molecule has 1 heterocycles. The van der Waals surface area contributed by atoms with E-state index in [1.54, 1.807) is 14.1 Å². The molecule has 1 aliphatic rings. The highest BCUT2D eigenvalue weighted by Gasteiger charge is 2.28. The van der Waals surface area contributed by atoms with Crippen LogP contribution >= 0.6 is 0 Å². The molecule has 0 aromatic carbocycles. The van der Waals surface area contributed by atoms with E-state index in [-0.39, 0.29) is 17.7 Å². The summed E-state index contributed by atoms with van der Waals surface area (Å²) in [5, 5.41) is 2.62. The lowest BCUT2D eigenvalue weighted by Gasteiger charge is -2.13. The van der Waals surface area contributed by atoms with Crippen LogP contribution in [0.25, 0.3) is 0 Å². The first kappa shape index (κ1) is 8.04. The third-order valence-corrected chi connectivity index (χ3v) is 1.77. The van der Waals surface area contributed by atoms with E-state index < -0.39 is 0 Å². The minimum absolute atomic E-state index is 0.0230. The van der Waals surface area contributed by atoms with Crippen molar-refractivity contribution in [1.29, 1.82) is 0 Å². The van der Waals surface area contributed by atoms with Crippen molar-refractivity contribution >= 4 is 11.8 Å². The summed E-state index contributed by atoms with van der Waals surface area (Å²) in [7, 11) is 3.40. The predicted octanol–water partition coefficient (Wildman–Crippen LogP) is -0.789. The van der Waals surface area contributed by atoms with Crippen LogP contribution in [-0.4, -0.2) is 37.4 Å². The molecule has 0 radical (unpaired) electrons. The summed E-state index contributed by atoms with van der Waals surface area (Å²) in [6.45, 7) is 0.496. The fourth-order valence-corrected chi connectivity index (χ4v) is 1.14. The standard InChI is InChI=1S/C7H12N2O2/c1-9(2)7(11)5-3-6(10)8-4-5/h5H,3-4H2,1-2H3,(H,8,10). The van der Waals surface area contributed by atoms with Gasteiger partial charge in [-0.1, -0.05) is 0 Å². The number of hydrogen-bond acceptors (Lipinski definition) is 2. The fraction of sp³-hybridized carbons (Fsp3) is 0.714. The van der Waals surface area contributed by atoms with Gasteiger partial charge < -0.3 is 10.2 Å². The lowest BCUT2D eigenvalue weighted by molar-refractivity contribution is -0.133. The Bertz CT molecular complexity index is 189. The summed E-state index contributed by atoms with van der Waals surface area (Å²) >= 11 is 0. The molecule has 0 saturated carbocycles. The highest BCUT2D eigenvalue weighted by Crippen LogP contribution is 2.10. The van der Waals surface area contributed by atoms with E-state index >= 15 is 0 Å². The zero-order valence-corrected chi connectivity index (χ0v) is 6.76. The molecule has 1 fully saturated rings. The van der Waals surface area contributed by atoms with Crippen molar-refractivity contribution in [2.45, 2.75) is 6.42 Å². The molecule has 0 bridgehead atoms. The summed E-state index contributed by atoms with van der Waals surface area (Å²) in [4.78, 5) is 23.4. The van der Waals surface area contributed by atoms with Crippen molar-refractivity contribution in [2.24, 2.45) is 5.92 Å². The van der Waals surface area contributed by atoms with E-state index in [1.165, 1.54) is 4.90 Å². The number of nitrogens with one attached hydrogen (secondary N) is 1. The normalized spacial score (nSPS) is 23.1. The van der Waals surface area contributed by atoms with Gasteiger partial charge in [0.25, 0.3) is 0 Å². The van der Waals surface area contributed by atoms with Gasteiger partial charge in [0.15, 0.2) is 0 Å². The van der Waals surface area contributed by atoms with Crippen molar-refractivity contribution in [2.75, 3.05) is 20.6 Å². The Morgan fingerprint density at radius 2 is 2.27 bits per heavy atom. The van der Waals surface area contributed by atoms with Crippen LogP contribution in [0.5, 0.6) is 0 Å². The Kier molecular flexibility index (Phi) is 2.12. The van der Waals surface area contributed by atoms with Crippen LogP contribution in [0.2, 0.25) is 0 Å². The molecule has 1 unspecified atom stereocenters. The summed E-state index contributed by atoms with van der Waals surface area (Å²) in [6.07, 6.45) is 0.344. The minimum atomic E-state index is -0.141. The van der Waals surface area contributed by atoms with Gasteiger partial charge in [0, 0.05) is 27.1 Å². The topological polar surface area (TPSA) is 49.4 Å². The molecule has 0 aromatic heterocycles. The molecular weight excluding hydrogens is 144 g/mol. The molecule has 2 amide bonds. The molecule has 1 atom stereocenters. The van der Waals surface area contributed by atoms with Crippen molar-refractivity contribution in [3.63, 3.8) is 0 Å². The molecule has 1 N–H and O–H groups in total. The molecule has 62 valence electrons. The Hall–Kier alpha value is -1.06. The van der Waals surface area contributed by atoms with Crippen LogP contribution in [0.4, 0.5) is 0 Å². The second-order valence-corrected chi connectivity index (χ2v) is 2.94. The van der Waals surface area contributed by atoms with Gasteiger partial charge in [-0.05, 0) is 0 Å². The largest absolute Gasteiger partial charge is 0.355 e. The minimum Gasteiger partial charge on any atom is -0.355 e.